The molecule has 0 fully saturated rings. The average molecular weight is 252 g/mol. The zero-order valence-electron chi connectivity index (χ0n) is 9.33. The van der Waals surface area contributed by atoms with Gasteiger partial charge in [0.2, 0.25) is 0 Å². The number of furan rings is 1. The van der Waals surface area contributed by atoms with Crippen molar-refractivity contribution in [3.8, 4) is 28.1 Å². The molecule has 3 rings (SSSR count). The van der Waals surface area contributed by atoms with Gasteiger partial charge in [-0.15, -0.1) is 11.3 Å². The van der Waals surface area contributed by atoms with Crippen molar-refractivity contribution in [2.24, 2.45) is 0 Å². The molecule has 0 saturated carbocycles. The Hall–Kier alpha value is -2.38. The van der Waals surface area contributed by atoms with Crippen molar-refractivity contribution in [1.29, 1.82) is 5.26 Å². The van der Waals surface area contributed by atoms with E-state index in [0.717, 1.165) is 22.0 Å². The minimum Gasteiger partial charge on any atom is -0.462 e. The highest BCUT2D eigenvalue weighted by Crippen LogP contribution is 2.29. The van der Waals surface area contributed by atoms with Crippen LogP contribution >= 0.6 is 11.3 Å². The van der Waals surface area contributed by atoms with Crippen molar-refractivity contribution >= 4 is 11.3 Å². The largest absolute Gasteiger partial charge is 0.462 e. The van der Waals surface area contributed by atoms with Crippen LogP contribution in [0.4, 0.5) is 0 Å². The molecule has 18 heavy (non-hydrogen) atoms. The maximum atomic E-state index is 8.88. The number of aromatic nitrogens is 1. The highest BCUT2D eigenvalue weighted by Gasteiger charge is 2.08. The fraction of sp³-hybridized carbons (Fsp3) is 0. The van der Waals surface area contributed by atoms with Gasteiger partial charge in [-0.25, -0.2) is 4.98 Å². The molecule has 3 aromatic rings. The predicted octanol–water partition coefficient (Wildman–Crippen LogP) is 3.94. The van der Waals surface area contributed by atoms with Crippen molar-refractivity contribution in [3.05, 3.63) is 53.6 Å². The second kappa shape index (κ2) is 4.47. The third-order valence-electron chi connectivity index (χ3n) is 2.52. The number of hydrogen-bond donors (Lipinski definition) is 0. The fourth-order valence-electron chi connectivity index (χ4n) is 1.67. The lowest BCUT2D eigenvalue weighted by Crippen LogP contribution is -1.80. The summed E-state index contributed by atoms with van der Waals surface area (Å²) in [6, 6.07) is 13.3. The number of hydrogen-bond acceptors (Lipinski definition) is 4. The van der Waals surface area contributed by atoms with Crippen molar-refractivity contribution in [2.45, 2.75) is 0 Å². The van der Waals surface area contributed by atoms with Crippen LogP contribution in [0.15, 0.2) is 52.5 Å². The zero-order chi connectivity index (χ0) is 12.4. The van der Waals surface area contributed by atoms with Crippen molar-refractivity contribution in [3.63, 3.8) is 0 Å². The first kappa shape index (κ1) is 10.8. The molecule has 0 N–H and O–H groups in total. The highest BCUT2D eigenvalue weighted by atomic mass is 32.1. The summed E-state index contributed by atoms with van der Waals surface area (Å²) in [6.45, 7) is 0. The molecule has 2 heterocycles. The van der Waals surface area contributed by atoms with E-state index in [9.17, 15) is 0 Å². The summed E-state index contributed by atoms with van der Waals surface area (Å²) in [4.78, 5) is 4.51. The molecule has 0 spiro atoms. The van der Waals surface area contributed by atoms with E-state index in [1.165, 1.54) is 11.3 Å². The van der Waals surface area contributed by atoms with Gasteiger partial charge in [0.15, 0.2) is 10.8 Å². The molecule has 0 aliphatic rings. The molecule has 0 atom stereocenters. The lowest BCUT2D eigenvalue weighted by atomic mass is 10.1. The molecular formula is C14H8N2OS. The van der Waals surface area contributed by atoms with Gasteiger partial charge in [0.1, 0.15) is 0 Å². The molecule has 0 aliphatic heterocycles. The first-order valence-corrected chi connectivity index (χ1v) is 6.25. The van der Waals surface area contributed by atoms with E-state index < -0.39 is 0 Å². The molecule has 0 saturated heterocycles. The smallest absolute Gasteiger partial charge is 0.162 e. The second-order valence-corrected chi connectivity index (χ2v) is 4.57. The first-order valence-electron chi connectivity index (χ1n) is 5.37. The fourth-order valence-corrected chi connectivity index (χ4v) is 2.46. The van der Waals surface area contributed by atoms with Crippen LogP contribution in [-0.2, 0) is 0 Å². The Labute approximate surface area is 108 Å². The van der Waals surface area contributed by atoms with Gasteiger partial charge >= 0.3 is 0 Å². The third-order valence-corrected chi connectivity index (χ3v) is 3.38. The van der Waals surface area contributed by atoms with E-state index in [0.29, 0.717) is 5.56 Å². The predicted molar refractivity (Wildman–Crippen MR) is 70.0 cm³/mol. The van der Waals surface area contributed by atoms with Crippen molar-refractivity contribution < 1.29 is 4.42 Å². The number of rotatable bonds is 2. The van der Waals surface area contributed by atoms with Gasteiger partial charge in [-0.05, 0) is 24.3 Å². The summed E-state index contributed by atoms with van der Waals surface area (Å²) in [5, 5.41) is 11.7. The summed E-state index contributed by atoms with van der Waals surface area (Å²) >= 11 is 1.53. The van der Waals surface area contributed by atoms with Gasteiger partial charge in [0, 0.05) is 10.9 Å². The highest BCUT2D eigenvalue weighted by molar-refractivity contribution is 7.13. The van der Waals surface area contributed by atoms with Gasteiger partial charge in [0.25, 0.3) is 0 Å². The van der Waals surface area contributed by atoms with Crippen LogP contribution in [-0.4, -0.2) is 4.98 Å². The number of thiazole rings is 1. The molecule has 0 radical (unpaired) electrons. The quantitative estimate of drug-likeness (QED) is 0.694. The Kier molecular flexibility index (Phi) is 2.67. The minimum atomic E-state index is 0.639. The number of benzene rings is 1. The van der Waals surface area contributed by atoms with Crippen LogP contribution < -0.4 is 0 Å². The summed E-state index contributed by atoms with van der Waals surface area (Å²) in [7, 11) is 0. The van der Waals surface area contributed by atoms with Crippen LogP contribution in [0, 0.1) is 11.3 Å². The molecule has 4 heteroatoms. The van der Waals surface area contributed by atoms with Gasteiger partial charge < -0.3 is 4.42 Å². The average Bonchev–Trinajstić information content (AvgIpc) is 3.09. The summed E-state index contributed by atoms with van der Waals surface area (Å²) in [5.74, 6) is 0.766. The Morgan fingerprint density at radius 2 is 2.17 bits per heavy atom. The summed E-state index contributed by atoms with van der Waals surface area (Å²) in [6.07, 6.45) is 1.63. The van der Waals surface area contributed by atoms with Crippen LogP contribution in [0.2, 0.25) is 0 Å². The minimum absolute atomic E-state index is 0.639. The van der Waals surface area contributed by atoms with E-state index in [-0.39, 0.29) is 0 Å². The van der Waals surface area contributed by atoms with E-state index in [1.807, 2.05) is 35.7 Å². The Bertz CT molecular complexity index is 707. The standard InChI is InChI=1S/C14H8N2OS/c15-8-10-3-1-4-11(7-10)12-9-18-14(16-12)13-5-2-6-17-13/h1-7,9H. The molecule has 0 amide bonds. The van der Waals surface area contributed by atoms with Gasteiger partial charge in [-0.1, -0.05) is 12.1 Å². The van der Waals surface area contributed by atoms with E-state index in [2.05, 4.69) is 11.1 Å². The van der Waals surface area contributed by atoms with E-state index in [1.54, 1.807) is 12.3 Å². The Balaban J connectivity index is 2.01. The number of nitrogens with zero attached hydrogens (tertiary/aromatic N) is 2. The third kappa shape index (κ3) is 1.92. The van der Waals surface area contributed by atoms with Crippen molar-refractivity contribution in [1.82, 2.24) is 4.98 Å². The molecule has 1 aromatic carbocycles. The Morgan fingerprint density at radius 3 is 2.94 bits per heavy atom. The lowest BCUT2D eigenvalue weighted by molar-refractivity contribution is 0.582. The molecule has 0 aliphatic carbocycles. The summed E-state index contributed by atoms with van der Waals surface area (Å²) in [5.41, 5.74) is 2.45. The summed E-state index contributed by atoms with van der Waals surface area (Å²) < 4.78 is 5.31. The van der Waals surface area contributed by atoms with Crippen LogP contribution in [0.1, 0.15) is 5.56 Å². The zero-order valence-corrected chi connectivity index (χ0v) is 10.1. The molecule has 0 unspecified atom stereocenters. The van der Waals surface area contributed by atoms with Gasteiger partial charge in [-0.2, -0.15) is 5.26 Å². The van der Waals surface area contributed by atoms with E-state index >= 15 is 0 Å². The molecule has 2 aromatic heterocycles. The topological polar surface area (TPSA) is 49.8 Å². The SMILES string of the molecule is N#Cc1cccc(-c2csc(-c3ccco3)n2)c1. The van der Waals surface area contributed by atoms with Crippen LogP contribution in [0.5, 0.6) is 0 Å². The van der Waals surface area contributed by atoms with Crippen LogP contribution in [0.25, 0.3) is 22.0 Å². The lowest BCUT2D eigenvalue weighted by Gasteiger charge is -1.96. The second-order valence-electron chi connectivity index (χ2n) is 3.71. The molecule has 0 bridgehead atoms. The monoisotopic (exact) mass is 252 g/mol. The van der Waals surface area contributed by atoms with Gasteiger partial charge in [0.05, 0.1) is 23.6 Å². The van der Waals surface area contributed by atoms with Crippen molar-refractivity contribution in [2.75, 3.05) is 0 Å². The molecule has 3 nitrogen and oxygen atoms in total. The molecule has 86 valence electrons. The molecular weight excluding hydrogens is 244 g/mol. The Morgan fingerprint density at radius 1 is 1.22 bits per heavy atom. The van der Waals surface area contributed by atoms with Gasteiger partial charge in [-0.3, -0.25) is 0 Å². The van der Waals surface area contributed by atoms with Crippen LogP contribution in [0.3, 0.4) is 0 Å². The maximum Gasteiger partial charge on any atom is 0.162 e. The normalized spacial score (nSPS) is 10.2. The maximum absolute atomic E-state index is 8.88. The number of nitriles is 1. The van der Waals surface area contributed by atoms with E-state index in [4.69, 9.17) is 9.68 Å². The first-order chi connectivity index (χ1) is 8.86.